The monoisotopic (exact) mass is 118 g/mol. The van der Waals surface area contributed by atoms with Crippen molar-refractivity contribution >= 4 is 12.2 Å². The summed E-state index contributed by atoms with van der Waals surface area (Å²) < 4.78 is 0. The number of amides is 1. The van der Waals surface area contributed by atoms with Gasteiger partial charge in [0.2, 0.25) is 6.29 Å². The Balaban J connectivity index is 3.11. The fourth-order valence-corrected chi connectivity index (χ4v) is 0.131. The molecule has 0 rings (SSSR count). The van der Waals surface area contributed by atoms with Crippen LogP contribution >= 0.6 is 0 Å². The van der Waals surface area contributed by atoms with E-state index in [0.29, 0.717) is 0 Å². The molecule has 0 heterocycles. The maximum absolute atomic E-state index is 9.95. The average molecular weight is 118 g/mol. The van der Waals surface area contributed by atoms with Gasteiger partial charge in [-0.2, -0.15) is 0 Å². The maximum atomic E-state index is 9.95. The molecule has 0 atom stereocenters. The van der Waals surface area contributed by atoms with Gasteiger partial charge in [0.25, 0.3) is 5.91 Å². The zero-order valence-corrected chi connectivity index (χ0v) is 4.30. The first-order valence-corrected chi connectivity index (χ1v) is 1.84. The van der Waals surface area contributed by atoms with Crippen LogP contribution in [0, 0.1) is 0 Å². The molecule has 0 saturated carbocycles. The Labute approximate surface area is 45.9 Å². The van der Waals surface area contributed by atoms with Gasteiger partial charge in [-0.15, -0.1) is 5.59 Å². The summed E-state index contributed by atoms with van der Waals surface area (Å²) in [5, 5.41) is 0. The SMILES string of the molecule is CONNC(=O)C=O. The number of hydrogen-bond acceptors (Lipinski definition) is 4. The molecule has 5 heteroatoms. The standard InChI is InChI=1S/C3H6N2O3/c1-8-5-4-3(7)2-6/h2,5H,1H3,(H,4,7). The highest BCUT2D eigenvalue weighted by atomic mass is 16.7. The van der Waals surface area contributed by atoms with Crippen molar-refractivity contribution in [3.8, 4) is 0 Å². The Kier molecular flexibility index (Phi) is 3.73. The summed E-state index contributed by atoms with van der Waals surface area (Å²) in [6.45, 7) is 0. The van der Waals surface area contributed by atoms with Gasteiger partial charge >= 0.3 is 0 Å². The molecule has 8 heavy (non-hydrogen) atoms. The van der Waals surface area contributed by atoms with E-state index in [1.54, 1.807) is 0 Å². The largest absolute Gasteiger partial charge is 0.299 e. The second kappa shape index (κ2) is 4.23. The third kappa shape index (κ3) is 3.26. The molecule has 2 N–H and O–H groups in total. The summed E-state index contributed by atoms with van der Waals surface area (Å²) in [5.41, 5.74) is 3.87. The quantitative estimate of drug-likeness (QED) is 0.265. The van der Waals surface area contributed by atoms with Gasteiger partial charge in [0.1, 0.15) is 0 Å². The van der Waals surface area contributed by atoms with Crippen LogP contribution in [0.25, 0.3) is 0 Å². The van der Waals surface area contributed by atoms with Gasteiger partial charge in [-0.3, -0.25) is 19.9 Å². The number of carbonyl (C=O) groups excluding carboxylic acids is 2. The topological polar surface area (TPSA) is 67.4 Å². The maximum Gasteiger partial charge on any atom is 0.299 e. The lowest BCUT2D eigenvalue weighted by Gasteiger charge is -1.96. The summed E-state index contributed by atoms with van der Waals surface area (Å²) in [7, 11) is 1.31. The van der Waals surface area contributed by atoms with Gasteiger partial charge < -0.3 is 0 Å². The molecule has 0 bridgehead atoms. The number of aldehydes is 1. The summed E-state index contributed by atoms with van der Waals surface area (Å²) in [6.07, 6.45) is 0.131. The fraction of sp³-hybridized carbons (Fsp3) is 0.333. The Morgan fingerprint density at radius 2 is 2.38 bits per heavy atom. The molecule has 1 amide bonds. The zero-order chi connectivity index (χ0) is 6.41. The third-order valence-electron chi connectivity index (χ3n) is 0.383. The predicted molar refractivity (Wildman–Crippen MR) is 24.4 cm³/mol. The molecule has 5 nitrogen and oxygen atoms in total. The Hall–Kier alpha value is -0.940. The minimum atomic E-state index is -0.771. The second-order valence-electron chi connectivity index (χ2n) is 0.913. The van der Waals surface area contributed by atoms with E-state index in [1.165, 1.54) is 7.11 Å². The number of hydrogen-bond donors (Lipinski definition) is 2. The Morgan fingerprint density at radius 3 is 2.75 bits per heavy atom. The van der Waals surface area contributed by atoms with Crippen LogP contribution in [0.5, 0.6) is 0 Å². The van der Waals surface area contributed by atoms with Gasteiger partial charge in [0, 0.05) is 0 Å². The molecule has 0 aromatic carbocycles. The summed E-state index contributed by atoms with van der Waals surface area (Å²) in [5.74, 6) is -0.771. The van der Waals surface area contributed by atoms with Crippen molar-refractivity contribution in [2.24, 2.45) is 0 Å². The Morgan fingerprint density at radius 1 is 1.75 bits per heavy atom. The van der Waals surface area contributed by atoms with E-state index >= 15 is 0 Å². The van der Waals surface area contributed by atoms with E-state index in [1.807, 2.05) is 11.0 Å². The molecule has 0 aromatic heterocycles. The number of hydrazine groups is 1. The van der Waals surface area contributed by atoms with Gasteiger partial charge in [-0.1, -0.05) is 0 Å². The third-order valence-corrected chi connectivity index (χ3v) is 0.383. The number of rotatable bonds is 3. The van der Waals surface area contributed by atoms with Crippen molar-refractivity contribution in [3.05, 3.63) is 0 Å². The van der Waals surface area contributed by atoms with Crippen LogP contribution in [0.2, 0.25) is 0 Å². The normalized spacial score (nSPS) is 8.12. The summed E-state index contributed by atoms with van der Waals surface area (Å²) in [6, 6.07) is 0. The molecule has 0 unspecified atom stereocenters. The highest BCUT2D eigenvalue weighted by Crippen LogP contribution is 1.48. The van der Waals surface area contributed by atoms with Gasteiger partial charge in [-0.05, 0) is 0 Å². The van der Waals surface area contributed by atoms with Crippen molar-refractivity contribution in [2.75, 3.05) is 7.11 Å². The molecule has 0 saturated heterocycles. The highest BCUT2D eigenvalue weighted by molar-refractivity contribution is 6.23. The highest BCUT2D eigenvalue weighted by Gasteiger charge is 1.90. The second-order valence-corrected chi connectivity index (χ2v) is 0.913. The van der Waals surface area contributed by atoms with E-state index in [2.05, 4.69) is 4.84 Å². The molecule has 46 valence electrons. The molecule has 0 radical (unpaired) electrons. The van der Waals surface area contributed by atoms with E-state index in [9.17, 15) is 9.59 Å². The van der Waals surface area contributed by atoms with Crippen LogP contribution in [0.1, 0.15) is 0 Å². The van der Waals surface area contributed by atoms with Crippen molar-refractivity contribution in [1.82, 2.24) is 11.0 Å². The average Bonchev–Trinajstić information content (AvgIpc) is 1.83. The molecular formula is C3H6N2O3. The molecule has 0 aliphatic carbocycles. The fourth-order valence-electron chi connectivity index (χ4n) is 0.131. The molecule has 0 aliphatic rings. The summed E-state index contributed by atoms with van der Waals surface area (Å²) >= 11 is 0. The van der Waals surface area contributed by atoms with Crippen molar-refractivity contribution in [3.63, 3.8) is 0 Å². The zero-order valence-electron chi connectivity index (χ0n) is 4.30. The molecule has 0 aliphatic heterocycles. The summed E-state index contributed by atoms with van der Waals surface area (Å²) in [4.78, 5) is 23.6. The minimum Gasteiger partial charge on any atom is -0.292 e. The van der Waals surface area contributed by atoms with Crippen LogP contribution in [0.15, 0.2) is 0 Å². The molecule has 0 aromatic rings. The van der Waals surface area contributed by atoms with E-state index in [4.69, 9.17) is 0 Å². The molecule has 0 fully saturated rings. The first-order valence-electron chi connectivity index (χ1n) is 1.84. The van der Waals surface area contributed by atoms with Gasteiger partial charge in [0.05, 0.1) is 7.11 Å². The lowest BCUT2D eigenvalue weighted by Crippen LogP contribution is -2.36. The van der Waals surface area contributed by atoms with Crippen LogP contribution in [-0.4, -0.2) is 19.3 Å². The van der Waals surface area contributed by atoms with Crippen LogP contribution < -0.4 is 11.0 Å². The smallest absolute Gasteiger partial charge is 0.292 e. The lowest BCUT2D eigenvalue weighted by atomic mass is 10.7. The van der Waals surface area contributed by atoms with Gasteiger partial charge in [-0.25, -0.2) is 0 Å². The van der Waals surface area contributed by atoms with Crippen molar-refractivity contribution in [2.45, 2.75) is 0 Å². The van der Waals surface area contributed by atoms with Crippen LogP contribution in [0.3, 0.4) is 0 Å². The molecular weight excluding hydrogens is 112 g/mol. The van der Waals surface area contributed by atoms with E-state index in [-0.39, 0.29) is 6.29 Å². The first kappa shape index (κ1) is 7.06. The predicted octanol–water partition coefficient (Wildman–Crippen LogP) is -1.63. The van der Waals surface area contributed by atoms with Crippen LogP contribution in [0.4, 0.5) is 0 Å². The lowest BCUT2D eigenvalue weighted by molar-refractivity contribution is -0.134. The van der Waals surface area contributed by atoms with Crippen molar-refractivity contribution in [1.29, 1.82) is 0 Å². The minimum absolute atomic E-state index is 0.131. The van der Waals surface area contributed by atoms with Crippen LogP contribution in [-0.2, 0) is 14.4 Å². The van der Waals surface area contributed by atoms with E-state index in [0.717, 1.165) is 0 Å². The number of nitrogens with one attached hydrogen (secondary N) is 2. The molecule has 0 spiro atoms. The number of carbonyl (C=O) groups is 2. The van der Waals surface area contributed by atoms with Gasteiger partial charge in [0.15, 0.2) is 0 Å². The first-order chi connectivity index (χ1) is 3.81. The van der Waals surface area contributed by atoms with E-state index < -0.39 is 5.91 Å². The Bertz CT molecular complexity index is 92.5. The van der Waals surface area contributed by atoms with Crippen molar-refractivity contribution < 1.29 is 14.4 Å².